The molecule has 2 heterocycles. The SMILES string of the molecule is CCCCCCCCCCCC[C@@H](O)[C@H]1CC[C@H]([C@@H](O)CC[C@H](O)CCCCCCC[C@H]2C[C@@H](CC(C)=O)C(=O)O2)O1. The van der Waals surface area contributed by atoms with Crippen molar-refractivity contribution in [3.05, 3.63) is 0 Å². The lowest BCUT2D eigenvalue weighted by Gasteiger charge is -2.23. The molecular formula is C35H64O7. The summed E-state index contributed by atoms with van der Waals surface area (Å²) in [6.07, 6.45) is 22.2. The summed E-state index contributed by atoms with van der Waals surface area (Å²) in [7, 11) is 0. The molecule has 0 aliphatic carbocycles. The van der Waals surface area contributed by atoms with Gasteiger partial charge in [-0.1, -0.05) is 96.8 Å². The van der Waals surface area contributed by atoms with Crippen LogP contribution in [-0.4, -0.2) is 63.7 Å². The number of carbonyl (C=O) groups is 2. The minimum absolute atomic E-state index is 0.0398. The molecule has 0 amide bonds. The molecule has 2 fully saturated rings. The minimum atomic E-state index is -0.589. The zero-order valence-electron chi connectivity index (χ0n) is 27.0. The lowest BCUT2D eigenvalue weighted by atomic mass is 9.96. The van der Waals surface area contributed by atoms with E-state index in [0.717, 1.165) is 70.6 Å². The summed E-state index contributed by atoms with van der Waals surface area (Å²) in [5.74, 6) is -0.426. The van der Waals surface area contributed by atoms with Crippen LogP contribution >= 0.6 is 0 Å². The maximum absolute atomic E-state index is 11.8. The van der Waals surface area contributed by atoms with E-state index in [-0.39, 0.29) is 36.0 Å². The van der Waals surface area contributed by atoms with Crippen molar-refractivity contribution in [3.63, 3.8) is 0 Å². The first-order chi connectivity index (χ1) is 20.3. The van der Waals surface area contributed by atoms with Gasteiger partial charge in [0.25, 0.3) is 0 Å². The number of hydrogen-bond donors (Lipinski definition) is 3. The van der Waals surface area contributed by atoms with Crippen LogP contribution in [0.15, 0.2) is 0 Å². The molecule has 2 aliphatic heterocycles. The Hall–Kier alpha value is -1.02. The predicted octanol–water partition coefficient (Wildman–Crippen LogP) is 7.35. The van der Waals surface area contributed by atoms with Crippen molar-refractivity contribution in [2.75, 3.05) is 0 Å². The normalized spacial score (nSPS) is 24.5. The van der Waals surface area contributed by atoms with Crippen molar-refractivity contribution >= 4 is 11.8 Å². The van der Waals surface area contributed by atoms with Gasteiger partial charge in [0, 0.05) is 6.42 Å². The van der Waals surface area contributed by atoms with Gasteiger partial charge >= 0.3 is 5.97 Å². The van der Waals surface area contributed by atoms with Crippen LogP contribution in [0.2, 0.25) is 0 Å². The fourth-order valence-corrected chi connectivity index (χ4v) is 6.67. The molecule has 7 heteroatoms. The van der Waals surface area contributed by atoms with Gasteiger partial charge in [-0.3, -0.25) is 4.79 Å². The summed E-state index contributed by atoms with van der Waals surface area (Å²) in [6, 6.07) is 0. The Balaban J connectivity index is 1.42. The minimum Gasteiger partial charge on any atom is -0.462 e. The Kier molecular flexibility index (Phi) is 19.9. The second-order valence-corrected chi connectivity index (χ2v) is 13.4. The maximum Gasteiger partial charge on any atom is 0.309 e. The Morgan fingerprint density at radius 3 is 1.86 bits per heavy atom. The van der Waals surface area contributed by atoms with E-state index >= 15 is 0 Å². The van der Waals surface area contributed by atoms with Crippen molar-refractivity contribution in [2.24, 2.45) is 5.92 Å². The number of cyclic esters (lactones) is 1. The molecule has 0 unspecified atom stereocenters. The van der Waals surface area contributed by atoms with E-state index in [2.05, 4.69) is 6.92 Å². The van der Waals surface area contributed by atoms with Crippen molar-refractivity contribution < 1.29 is 34.4 Å². The summed E-state index contributed by atoms with van der Waals surface area (Å²) in [4.78, 5) is 23.1. The highest BCUT2D eigenvalue weighted by Crippen LogP contribution is 2.29. The highest BCUT2D eigenvalue weighted by atomic mass is 16.6. The number of ketones is 1. The Morgan fingerprint density at radius 1 is 0.738 bits per heavy atom. The van der Waals surface area contributed by atoms with E-state index in [4.69, 9.17) is 9.47 Å². The fraction of sp³-hybridized carbons (Fsp3) is 0.943. The van der Waals surface area contributed by atoms with Crippen LogP contribution in [0.25, 0.3) is 0 Å². The quantitative estimate of drug-likeness (QED) is 0.0707. The topological polar surface area (TPSA) is 113 Å². The van der Waals surface area contributed by atoms with Crippen molar-refractivity contribution in [1.29, 1.82) is 0 Å². The second kappa shape index (κ2) is 22.5. The third-order valence-electron chi connectivity index (χ3n) is 9.35. The first-order valence-corrected chi connectivity index (χ1v) is 17.7. The van der Waals surface area contributed by atoms with Gasteiger partial charge in [-0.2, -0.15) is 0 Å². The average molecular weight is 597 g/mol. The Bertz CT molecular complexity index is 713. The number of rotatable bonds is 26. The molecule has 7 atom stereocenters. The van der Waals surface area contributed by atoms with Crippen molar-refractivity contribution in [3.8, 4) is 0 Å². The number of aliphatic hydroxyl groups excluding tert-OH is 3. The van der Waals surface area contributed by atoms with Crippen LogP contribution in [0.3, 0.4) is 0 Å². The number of carbonyl (C=O) groups excluding carboxylic acids is 2. The molecule has 42 heavy (non-hydrogen) atoms. The van der Waals surface area contributed by atoms with Gasteiger partial charge in [0.05, 0.1) is 36.4 Å². The van der Waals surface area contributed by atoms with Gasteiger partial charge in [0.15, 0.2) is 0 Å². The molecule has 0 aromatic rings. The van der Waals surface area contributed by atoms with Gasteiger partial charge < -0.3 is 29.6 Å². The van der Waals surface area contributed by atoms with Crippen LogP contribution in [-0.2, 0) is 19.1 Å². The molecule has 2 aliphatic rings. The lowest BCUT2D eigenvalue weighted by Crippen LogP contribution is -2.31. The van der Waals surface area contributed by atoms with Crippen LogP contribution in [0.1, 0.15) is 168 Å². The largest absolute Gasteiger partial charge is 0.462 e. The molecule has 0 aromatic carbocycles. The molecular weight excluding hydrogens is 532 g/mol. The number of ether oxygens (including phenoxy) is 2. The van der Waals surface area contributed by atoms with E-state index in [1.165, 1.54) is 64.7 Å². The fourth-order valence-electron chi connectivity index (χ4n) is 6.67. The summed E-state index contributed by atoms with van der Waals surface area (Å²) in [6.45, 7) is 3.77. The molecule has 0 bridgehead atoms. The number of aliphatic hydroxyl groups is 3. The molecule has 3 N–H and O–H groups in total. The average Bonchev–Trinajstić information content (AvgIpc) is 3.59. The highest BCUT2D eigenvalue weighted by molar-refractivity contribution is 5.83. The van der Waals surface area contributed by atoms with Crippen molar-refractivity contribution in [1.82, 2.24) is 0 Å². The molecule has 0 saturated carbocycles. The number of esters is 1. The monoisotopic (exact) mass is 596 g/mol. The Labute approximate surface area is 256 Å². The van der Waals surface area contributed by atoms with Crippen LogP contribution in [0, 0.1) is 5.92 Å². The van der Waals surface area contributed by atoms with Gasteiger partial charge in [-0.05, 0) is 64.7 Å². The first kappa shape index (κ1) is 37.2. The molecule has 0 spiro atoms. The zero-order chi connectivity index (χ0) is 30.6. The summed E-state index contributed by atoms with van der Waals surface area (Å²) in [5, 5.41) is 31.6. The first-order valence-electron chi connectivity index (χ1n) is 17.7. The van der Waals surface area contributed by atoms with Gasteiger partial charge in [0.2, 0.25) is 0 Å². The summed E-state index contributed by atoms with van der Waals surface area (Å²) >= 11 is 0. The van der Waals surface area contributed by atoms with Gasteiger partial charge in [0.1, 0.15) is 11.9 Å². The standard InChI is InChI=1S/C35H64O7/c1-3-4-5-6-7-8-9-10-14-17-20-31(38)33-23-24-34(42-33)32(39)22-21-29(37)18-15-12-11-13-16-19-30-26-28(25-27(2)36)35(40)41-30/h28-34,37-39H,3-26H2,1-2H3/t28-,29-,30+,31-,32+,33-,34-/m1/s1. The molecule has 0 radical (unpaired) electrons. The van der Waals surface area contributed by atoms with Crippen molar-refractivity contribution in [2.45, 2.75) is 205 Å². The lowest BCUT2D eigenvalue weighted by molar-refractivity contribution is -0.145. The smallest absolute Gasteiger partial charge is 0.309 e. The van der Waals surface area contributed by atoms with E-state index in [1.54, 1.807) is 0 Å². The molecule has 0 aromatic heterocycles. The van der Waals surface area contributed by atoms with E-state index in [0.29, 0.717) is 25.7 Å². The summed E-state index contributed by atoms with van der Waals surface area (Å²) < 4.78 is 11.4. The second-order valence-electron chi connectivity index (χ2n) is 13.4. The number of hydrogen-bond acceptors (Lipinski definition) is 7. The molecule has 2 saturated heterocycles. The predicted molar refractivity (Wildman–Crippen MR) is 167 cm³/mol. The van der Waals surface area contributed by atoms with Crippen LogP contribution in [0.4, 0.5) is 0 Å². The van der Waals surface area contributed by atoms with E-state index in [1.807, 2.05) is 0 Å². The molecule has 246 valence electrons. The van der Waals surface area contributed by atoms with E-state index < -0.39 is 18.3 Å². The Morgan fingerprint density at radius 2 is 1.26 bits per heavy atom. The number of unbranched alkanes of at least 4 members (excludes halogenated alkanes) is 13. The van der Waals surface area contributed by atoms with Gasteiger partial charge in [-0.25, -0.2) is 0 Å². The van der Waals surface area contributed by atoms with Crippen LogP contribution in [0.5, 0.6) is 0 Å². The summed E-state index contributed by atoms with van der Waals surface area (Å²) in [5.41, 5.74) is 0. The highest BCUT2D eigenvalue weighted by Gasteiger charge is 2.35. The van der Waals surface area contributed by atoms with Crippen LogP contribution < -0.4 is 0 Å². The third kappa shape index (κ3) is 16.2. The molecule has 2 rings (SSSR count). The van der Waals surface area contributed by atoms with E-state index in [9.17, 15) is 24.9 Å². The van der Waals surface area contributed by atoms with Gasteiger partial charge in [-0.15, -0.1) is 0 Å². The maximum atomic E-state index is 11.8. The number of Topliss-reactive ketones (excluding diaryl/α,β-unsaturated/α-hetero) is 1. The third-order valence-corrected chi connectivity index (χ3v) is 9.35. The molecule has 7 nitrogen and oxygen atoms in total. The zero-order valence-corrected chi connectivity index (χ0v) is 27.0.